The van der Waals surface area contributed by atoms with Crippen molar-refractivity contribution in [3.63, 3.8) is 0 Å². The molecule has 2 aromatic rings. The number of rotatable bonds is 3. The third-order valence-corrected chi connectivity index (χ3v) is 4.34. The molecule has 5 N–H and O–H groups in total. The van der Waals surface area contributed by atoms with E-state index in [0.717, 1.165) is 30.9 Å². The van der Waals surface area contributed by atoms with Gasteiger partial charge >= 0.3 is 0 Å². The maximum atomic E-state index is 12.6. The summed E-state index contributed by atoms with van der Waals surface area (Å²) in [6, 6.07) is 14.6. The van der Waals surface area contributed by atoms with Crippen LogP contribution in [0.15, 0.2) is 48.5 Å². The lowest BCUT2D eigenvalue weighted by atomic mass is 10.1. The Balaban J connectivity index is 1.64. The maximum Gasteiger partial charge on any atom is 0.275 e. The van der Waals surface area contributed by atoms with Gasteiger partial charge in [-0.2, -0.15) is 0 Å². The van der Waals surface area contributed by atoms with Gasteiger partial charge in [0.25, 0.3) is 11.7 Å². The summed E-state index contributed by atoms with van der Waals surface area (Å²) in [5.41, 5.74) is 7.33. The van der Waals surface area contributed by atoms with Crippen molar-refractivity contribution in [2.24, 2.45) is 0 Å². The Labute approximate surface area is 162 Å². The fourth-order valence-electron chi connectivity index (χ4n) is 2.56. The van der Waals surface area contributed by atoms with Gasteiger partial charge in [-0.3, -0.25) is 26.0 Å². The average Bonchev–Trinajstić information content (AvgIpc) is 2.68. The van der Waals surface area contributed by atoms with Crippen molar-refractivity contribution in [2.45, 2.75) is 6.42 Å². The fourth-order valence-corrected chi connectivity index (χ4v) is 2.91. The predicted molar refractivity (Wildman–Crippen MR) is 107 cm³/mol. The van der Waals surface area contributed by atoms with Gasteiger partial charge in [-0.05, 0) is 36.5 Å². The highest BCUT2D eigenvalue weighted by atomic mass is 35.5. The van der Waals surface area contributed by atoms with Crippen molar-refractivity contribution in [3.8, 4) is 0 Å². The summed E-state index contributed by atoms with van der Waals surface area (Å²) in [5.74, 6) is 0.573. The lowest BCUT2D eigenvalue weighted by Gasteiger charge is -2.14. The number of hydrogen-bond donors (Lipinski definition) is 5. The zero-order chi connectivity index (χ0) is 18.4. The van der Waals surface area contributed by atoms with Gasteiger partial charge in [0.2, 0.25) is 0 Å². The molecule has 0 radical (unpaired) electrons. The number of carbonyl (C=O) groups is 1. The molecule has 1 aliphatic heterocycles. The van der Waals surface area contributed by atoms with Crippen molar-refractivity contribution in [3.05, 3.63) is 64.7 Å². The molecule has 0 aromatic heterocycles. The molecule has 1 heterocycles. The van der Waals surface area contributed by atoms with E-state index in [1.54, 1.807) is 18.2 Å². The third kappa shape index (κ3) is 4.50. The van der Waals surface area contributed by atoms with Gasteiger partial charge in [0.15, 0.2) is 5.11 Å². The second-order valence-corrected chi connectivity index (χ2v) is 6.46. The van der Waals surface area contributed by atoms with E-state index in [0.29, 0.717) is 16.3 Å². The quantitative estimate of drug-likeness (QED) is 0.397. The SMILES string of the molecule is O=C(NNC(=S)Nc1ccccc1Cl)c1ccccc1C1=[NH+]CCCN1. The number of nitrogens with one attached hydrogen (secondary N) is 5. The van der Waals surface area contributed by atoms with Crippen LogP contribution in [0.2, 0.25) is 5.02 Å². The largest absolute Gasteiger partial charge is 0.330 e. The molecular weight excluding hydrogens is 370 g/mol. The van der Waals surface area contributed by atoms with Crippen LogP contribution in [0.25, 0.3) is 0 Å². The van der Waals surface area contributed by atoms with Crippen LogP contribution in [0.4, 0.5) is 5.69 Å². The molecule has 0 spiro atoms. The summed E-state index contributed by atoms with van der Waals surface area (Å²) in [4.78, 5) is 15.9. The molecule has 3 rings (SSSR count). The van der Waals surface area contributed by atoms with E-state index < -0.39 is 0 Å². The smallest absolute Gasteiger partial charge is 0.275 e. The fraction of sp³-hybridized carbons (Fsp3) is 0.167. The first-order chi connectivity index (χ1) is 12.6. The van der Waals surface area contributed by atoms with E-state index in [4.69, 9.17) is 23.8 Å². The second kappa shape index (κ2) is 8.64. The number of amidine groups is 1. The number of carbonyl (C=O) groups excluding carboxylic acids is 1. The maximum absolute atomic E-state index is 12.6. The number of amides is 1. The molecule has 6 nitrogen and oxygen atoms in total. The number of halogens is 1. The van der Waals surface area contributed by atoms with Gasteiger partial charge in [-0.15, -0.1) is 0 Å². The monoisotopic (exact) mass is 388 g/mol. The average molecular weight is 389 g/mol. The molecular formula is C18H19ClN5OS+. The lowest BCUT2D eigenvalue weighted by molar-refractivity contribution is -0.463. The number of benzene rings is 2. The first-order valence-corrected chi connectivity index (χ1v) is 9.00. The van der Waals surface area contributed by atoms with Crippen LogP contribution in [0, 0.1) is 0 Å². The molecule has 0 unspecified atom stereocenters. The summed E-state index contributed by atoms with van der Waals surface area (Å²) >= 11 is 11.3. The standard InChI is InChI=1S/C18H18ClN5OS/c19-14-8-3-4-9-15(14)22-18(26)24-23-17(25)13-7-2-1-6-12(13)16-20-10-5-11-21-16/h1-4,6-9H,5,10-11H2,(H,20,21)(H,23,25)(H2,22,24,26)/p+1. The minimum Gasteiger partial charge on any atom is -0.330 e. The molecule has 0 aliphatic carbocycles. The number of anilines is 1. The van der Waals surface area contributed by atoms with Gasteiger partial charge in [0, 0.05) is 6.42 Å². The van der Waals surface area contributed by atoms with Crippen molar-refractivity contribution in [1.82, 2.24) is 16.2 Å². The molecule has 8 heteroatoms. The van der Waals surface area contributed by atoms with Crippen molar-refractivity contribution >= 4 is 46.4 Å². The molecule has 0 atom stereocenters. The van der Waals surface area contributed by atoms with Crippen molar-refractivity contribution in [1.29, 1.82) is 0 Å². The third-order valence-electron chi connectivity index (χ3n) is 3.81. The highest BCUT2D eigenvalue weighted by Gasteiger charge is 2.20. The van der Waals surface area contributed by atoms with Crippen LogP contribution in [0.3, 0.4) is 0 Å². The summed E-state index contributed by atoms with van der Waals surface area (Å²) in [6.07, 6.45) is 1.04. The van der Waals surface area contributed by atoms with E-state index in [2.05, 4.69) is 26.5 Å². The second-order valence-electron chi connectivity index (χ2n) is 5.64. The topological polar surface area (TPSA) is 79.2 Å². The molecule has 1 amide bonds. The summed E-state index contributed by atoms with van der Waals surface area (Å²) in [7, 11) is 0. The highest BCUT2D eigenvalue weighted by molar-refractivity contribution is 7.80. The Morgan fingerprint density at radius 3 is 2.65 bits per heavy atom. The molecule has 0 fully saturated rings. The van der Waals surface area contributed by atoms with E-state index in [9.17, 15) is 4.79 Å². The molecule has 26 heavy (non-hydrogen) atoms. The van der Waals surface area contributed by atoms with Crippen LogP contribution in [0.1, 0.15) is 22.3 Å². The van der Waals surface area contributed by atoms with Gasteiger partial charge in [0.1, 0.15) is 0 Å². The van der Waals surface area contributed by atoms with Crippen LogP contribution in [-0.4, -0.2) is 29.9 Å². The Morgan fingerprint density at radius 1 is 1.12 bits per heavy atom. The normalized spacial score (nSPS) is 13.2. The molecule has 2 aromatic carbocycles. The molecule has 0 saturated heterocycles. The number of thiocarbonyl (C=S) groups is 1. The zero-order valence-corrected chi connectivity index (χ0v) is 15.5. The molecule has 0 saturated carbocycles. The van der Waals surface area contributed by atoms with E-state index in [1.807, 2.05) is 30.3 Å². The summed E-state index contributed by atoms with van der Waals surface area (Å²) in [6.45, 7) is 1.75. The first kappa shape index (κ1) is 18.2. The molecule has 0 bridgehead atoms. The number of para-hydroxylation sites is 1. The Kier molecular flexibility index (Phi) is 6.04. The summed E-state index contributed by atoms with van der Waals surface area (Å²) < 4.78 is 0. The minimum absolute atomic E-state index is 0.241. The first-order valence-electron chi connectivity index (χ1n) is 8.21. The van der Waals surface area contributed by atoms with E-state index in [-0.39, 0.29) is 11.0 Å². The van der Waals surface area contributed by atoms with Crippen LogP contribution < -0.4 is 26.5 Å². The van der Waals surface area contributed by atoms with Crippen molar-refractivity contribution in [2.75, 3.05) is 18.4 Å². The number of hydrogen-bond acceptors (Lipinski definition) is 3. The van der Waals surface area contributed by atoms with Crippen molar-refractivity contribution < 1.29 is 9.79 Å². The van der Waals surface area contributed by atoms with Gasteiger partial charge in [-0.25, -0.2) is 0 Å². The highest BCUT2D eigenvalue weighted by Crippen LogP contribution is 2.20. The Morgan fingerprint density at radius 2 is 1.88 bits per heavy atom. The van der Waals surface area contributed by atoms with Crippen LogP contribution >= 0.6 is 23.8 Å². The Hall–Kier alpha value is -2.64. The Bertz CT molecular complexity index is 855. The van der Waals surface area contributed by atoms with Gasteiger partial charge in [-0.1, -0.05) is 35.9 Å². The molecule has 1 aliphatic rings. The van der Waals surface area contributed by atoms with E-state index >= 15 is 0 Å². The van der Waals surface area contributed by atoms with Gasteiger partial charge < -0.3 is 5.32 Å². The number of hydrazine groups is 1. The zero-order valence-electron chi connectivity index (χ0n) is 13.9. The van der Waals surface area contributed by atoms with Crippen LogP contribution in [-0.2, 0) is 0 Å². The minimum atomic E-state index is -0.286. The van der Waals surface area contributed by atoms with E-state index in [1.165, 1.54) is 0 Å². The van der Waals surface area contributed by atoms with Gasteiger partial charge in [0.05, 0.1) is 34.9 Å². The van der Waals surface area contributed by atoms with Crippen LogP contribution in [0.5, 0.6) is 0 Å². The predicted octanol–water partition coefficient (Wildman–Crippen LogP) is 0.792. The lowest BCUT2D eigenvalue weighted by Crippen LogP contribution is -2.79. The summed E-state index contributed by atoms with van der Waals surface area (Å²) in [5, 5.41) is 7.01. The molecule has 134 valence electrons.